The Kier molecular flexibility index (Phi) is 3.46. The van der Waals surface area contributed by atoms with Gasteiger partial charge in [-0.05, 0) is 26.0 Å². The third-order valence-electron chi connectivity index (χ3n) is 1.97. The Morgan fingerprint density at radius 3 is 2.80 bits per heavy atom. The number of anilines is 1. The molecule has 0 spiro atoms. The van der Waals surface area contributed by atoms with Crippen molar-refractivity contribution in [3.8, 4) is 6.07 Å². The average molecular weight is 201 g/mol. The first-order valence-corrected chi connectivity index (χ1v) is 4.77. The van der Waals surface area contributed by atoms with E-state index in [1.165, 1.54) is 0 Å². The van der Waals surface area contributed by atoms with E-state index in [1.54, 1.807) is 12.1 Å². The fourth-order valence-corrected chi connectivity index (χ4v) is 1.40. The molecule has 1 aromatic heterocycles. The predicted molar refractivity (Wildman–Crippen MR) is 61.8 cm³/mol. The second kappa shape index (κ2) is 4.61. The highest BCUT2D eigenvalue weighted by Gasteiger charge is 2.04. The van der Waals surface area contributed by atoms with Crippen molar-refractivity contribution in [2.45, 2.75) is 13.8 Å². The largest absolute Gasteiger partial charge is 0.356 e. The van der Waals surface area contributed by atoms with Crippen LogP contribution in [0.5, 0.6) is 0 Å². The first-order valence-electron chi connectivity index (χ1n) is 4.77. The minimum absolute atomic E-state index is 0.645. The molecule has 0 aliphatic carbocycles. The Morgan fingerprint density at radius 2 is 2.27 bits per heavy atom. The van der Waals surface area contributed by atoms with Crippen molar-refractivity contribution in [1.82, 2.24) is 4.98 Å². The maximum Gasteiger partial charge on any atom is 0.130 e. The van der Waals surface area contributed by atoms with E-state index in [0.29, 0.717) is 5.56 Å². The zero-order chi connectivity index (χ0) is 11.4. The SMILES string of the molecule is C=C(C)CN(C)c1cc(C#N)cc(C)n1. The first kappa shape index (κ1) is 11.3. The number of likely N-dealkylation sites (N-methyl/N-ethyl adjacent to an activating group) is 1. The summed E-state index contributed by atoms with van der Waals surface area (Å²) in [5.74, 6) is 0.814. The Bertz CT molecular complexity index is 415. The molecule has 3 nitrogen and oxygen atoms in total. The van der Waals surface area contributed by atoms with E-state index < -0.39 is 0 Å². The van der Waals surface area contributed by atoms with Gasteiger partial charge in [-0.25, -0.2) is 4.98 Å². The lowest BCUT2D eigenvalue weighted by Gasteiger charge is -2.18. The second-order valence-electron chi connectivity index (χ2n) is 3.78. The van der Waals surface area contributed by atoms with Crippen molar-refractivity contribution in [3.63, 3.8) is 0 Å². The summed E-state index contributed by atoms with van der Waals surface area (Å²) in [7, 11) is 1.94. The lowest BCUT2D eigenvalue weighted by molar-refractivity contribution is 0.944. The van der Waals surface area contributed by atoms with Gasteiger partial charge in [0.25, 0.3) is 0 Å². The Labute approximate surface area is 90.7 Å². The summed E-state index contributed by atoms with van der Waals surface area (Å²) in [6.45, 7) is 8.46. The fourth-order valence-electron chi connectivity index (χ4n) is 1.40. The molecule has 0 aliphatic heterocycles. The van der Waals surface area contributed by atoms with E-state index in [9.17, 15) is 0 Å². The van der Waals surface area contributed by atoms with Gasteiger partial charge in [-0.1, -0.05) is 12.2 Å². The lowest BCUT2D eigenvalue weighted by Crippen LogP contribution is -2.20. The zero-order valence-corrected chi connectivity index (χ0v) is 9.41. The summed E-state index contributed by atoms with van der Waals surface area (Å²) in [6.07, 6.45) is 0. The Morgan fingerprint density at radius 1 is 1.60 bits per heavy atom. The van der Waals surface area contributed by atoms with E-state index in [4.69, 9.17) is 5.26 Å². The van der Waals surface area contributed by atoms with Gasteiger partial charge in [0.2, 0.25) is 0 Å². The normalized spacial score (nSPS) is 9.47. The molecule has 78 valence electrons. The van der Waals surface area contributed by atoms with Crippen molar-refractivity contribution >= 4 is 5.82 Å². The van der Waals surface area contributed by atoms with Crippen molar-refractivity contribution in [2.75, 3.05) is 18.5 Å². The molecular weight excluding hydrogens is 186 g/mol. The number of pyridine rings is 1. The zero-order valence-electron chi connectivity index (χ0n) is 9.41. The molecule has 0 bridgehead atoms. The molecule has 0 saturated heterocycles. The molecule has 0 saturated carbocycles. The van der Waals surface area contributed by atoms with Crippen LogP contribution in [0.2, 0.25) is 0 Å². The van der Waals surface area contributed by atoms with E-state index >= 15 is 0 Å². The van der Waals surface area contributed by atoms with E-state index in [2.05, 4.69) is 17.6 Å². The van der Waals surface area contributed by atoms with Gasteiger partial charge < -0.3 is 4.90 Å². The number of hydrogen-bond donors (Lipinski definition) is 0. The van der Waals surface area contributed by atoms with Crippen LogP contribution in [-0.2, 0) is 0 Å². The highest BCUT2D eigenvalue weighted by molar-refractivity contribution is 5.46. The number of nitrogens with zero attached hydrogens (tertiary/aromatic N) is 3. The number of rotatable bonds is 3. The highest BCUT2D eigenvalue weighted by atomic mass is 15.2. The summed E-state index contributed by atoms with van der Waals surface area (Å²) in [6, 6.07) is 5.69. The maximum absolute atomic E-state index is 8.84. The third-order valence-corrected chi connectivity index (χ3v) is 1.97. The summed E-state index contributed by atoms with van der Waals surface area (Å²) in [5, 5.41) is 8.84. The summed E-state index contributed by atoms with van der Waals surface area (Å²) in [4.78, 5) is 6.35. The molecule has 1 rings (SSSR count). The van der Waals surface area contributed by atoms with Crippen LogP contribution < -0.4 is 4.90 Å². The van der Waals surface area contributed by atoms with Gasteiger partial charge in [-0.2, -0.15) is 5.26 Å². The standard InChI is InChI=1S/C12H15N3/c1-9(2)8-15(4)12-6-11(7-13)5-10(3)14-12/h5-6H,1,8H2,2-4H3. The van der Waals surface area contributed by atoms with Gasteiger partial charge in [0, 0.05) is 19.3 Å². The van der Waals surface area contributed by atoms with Crippen LogP contribution in [0.3, 0.4) is 0 Å². The predicted octanol–water partition coefficient (Wildman–Crippen LogP) is 2.27. The van der Waals surface area contributed by atoms with Gasteiger partial charge in [0.1, 0.15) is 5.82 Å². The molecule has 15 heavy (non-hydrogen) atoms. The van der Waals surface area contributed by atoms with Crippen LogP contribution in [0, 0.1) is 18.3 Å². The molecule has 1 aromatic rings. The second-order valence-corrected chi connectivity index (χ2v) is 3.78. The van der Waals surface area contributed by atoms with Gasteiger partial charge >= 0.3 is 0 Å². The van der Waals surface area contributed by atoms with Gasteiger partial charge in [0.05, 0.1) is 11.6 Å². The molecular formula is C12H15N3. The lowest BCUT2D eigenvalue weighted by atomic mass is 10.2. The van der Waals surface area contributed by atoms with Crippen molar-refractivity contribution in [1.29, 1.82) is 5.26 Å². The van der Waals surface area contributed by atoms with Crippen LogP contribution >= 0.6 is 0 Å². The molecule has 3 heteroatoms. The molecule has 0 aliphatic rings. The monoisotopic (exact) mass is 201 g/mol. The van der Waals surface area contributed by atoms with Crippen LogP contribution in [0.15, 0.2) is 24.3 Å². The first-order chi connectivity index (χ1) is 7.02. The van der Waals surface area contributed by atoms with Gasteiger partial charge in [-0.15, -0.1) is 0 Å². The molecule has 0 radical (unpaired) electrons. The number of aryl methyl sites for hydroxylation is 1. The minimum atomic E-state index is 0.645. The number of aromatic nitrogens is 1. The van der Waals surface area contributed by atoms with Crippen molar-refractivity contribution < 1.29 is 0 Å². The Hall–Kier alpha value is -1.82. The molecule has 1 heterocycles. The molecule has 0 aromatic carbocycles. The van der Waals surface area contributed by atoms with Gasteiger partial charge in [0.15, 0.2) is 0 Å². The summed E-state index contributed by atoms with van der Waals surface area (Å²) in [5.41, 5.74) is 2.57. The van der Waals surface area contributed by atoms with Gasteiger partial charge in [-0.3, -0.25) is 0 Å². The van der Waals surface area contributed by atoms with Crippen molar-refractivity contribution in [2.24, 2.45) is 0 Å². The van der Waals surface area contributed by atoms with Crippen molar-refractivity contribution in [3.05, 3.63) is 35.5 Å². The average Bonchev–Trinajstić information content (AvgIpc) is 2.15. The quantitative estimate of drug-likeness (QED) is 0.704. The highest BCUT2D eigenvalue weighted by Crippen LogP contribution is 2.13. The number of nitriles is 1. The third kappa shape index (κ3) is 3.10. The Balaban J connectivity index is 2.99. The smallest absolute Gasteiger partial charge is 0.130 e. The molecule has 0 atom stereocenters. The topological polar surface area (TPSA) is 39.9 Å². The molecule has 0 N–H and O–H groups in total. The number of hydrogen-bond acceptors (Lipinski definition) is 3. The minimum Gasteiger partial charge on any atom is -0.356 e. The van der Waals surface area contributed by atoms with E-state index in [1.807, 2.05) is 25.8 Å². The molecule has 0 fully saturated rings. The van der Waals surface area contributed by atoms with E-state index in [0.717, 1.165) is 23.6 Å². The van der Waals surface area contributed by atoms with Crippen LogP contribution in [0.4, 0.5) is 5.82 Å². The van der Waals surface area contributed by atoms with Crippen LogP contribution in [-0.4, -0.2) is 18.6 Å². The molecule has 0 unspecified atom stereocenters. The van der Waals surface area contributed by atoms with Crippen LogP contribution in [0.1, 0.15) is 18.2 Å². The summed E-state index contributed by atoms with van der Waals surface area (Å²) < 4.78 is 0. The van der Waals surface area contributed by atoms with E-state index in [-0.39, 0.29) is 0 Å². The van der Waals surface area contributed by atoms with Crippen LogP contribution in [0.25, 0.3) is 0 Å². The summed E-state index contributed by atoms with van der Waals surface area (Å²) >= 11 is 0. The maximum atomic E-state index is 8.84. The molecule has 0 amide bonds. The fraction of sp³-hybridized carbons (Fsp3) is 0.333.